The number of hydrogen-bond acceptors (Lipinski definition) is 2. The van der Waals surface area contributed by atoms with Crippen molar-refractivity contribution in [3.8, 4) is 6.07 Å². The zero-order chi connectivity index (χ0) is 13.3. The summed E-state index contributed by atoms with van der Waals surface area (Å²) in [6.45, 7) is 9.69. The Morgan fingerprint density at radius 3 is 2.61 bits per heavy atom. The van der Waals surface area contributed by atoms with Crippen molar-refractivity contribution in [2.75, 3.05) is 11.4 Å². The molecule has 0 spiro atoms. The second-order valence-corrected chi connectivity index (χ2v) is 6.06. The maximum atomic E-state index is 9.15. The predicted octanol–water partition coefficient (Wildman–Crippen LogP) is 3.82. The second kappa shape index (κ2) is 4.65. The lowest BCUT2D eigenvalue weighted by Gasteiger charge is -2.46. The zero-order valence-corrected chi connectivity index (χ0v) is 11.8. The van der Waals surface area contributed by atoms with E-state index in [9.17, 15) is 0 Å². The number of hydrogen-bond donors (Lipinski definition) is 0. The first-order valence-corrected chi connectivity index (χ1v) is 6.68. The molecule has 0 radical (unpaired) electrons. The molecule has 1 aliphatic heterocycles. The first-order chi connectivity index (χ1) is 8.44. The molecule has 2 rings (SSSR count). The number of aryl methyl sites for hydroxylation is 2. The van der Waals surface area contributed by atoms with Gasteiger partial charge < -0.3 is 4.90 Å². The van der Waals surface area contributed by atoms with Gasteiger partial charge in [-0.25, -0.2) is 0 Å². The van der Waals surface area contributed by atoms with Gasteiger partial charge >= 0.3 is 0 Å². The van der Waals surface area contributed by atoms with Gasteiger partial charge in [-0.3, -0.25) is 0 Å². The van der Waals surface area contributed by atoms with E-state index in [2.05, 4.69) is 56.9 Å². The Morgan fingerprint density at radius 1 is 1.28 bits per heavy atom. The minimum atomic E-state index is 0.148. The molecule has 0 bridgehead atoms. The van der Waals surface area contributed by atoms with E-state index in [-0.39, 0.29) is 11.5 Å². The van der Waals surface area contributed by atoms with Crippen LogP contribution in [0.5, 0.6) is 0 Å². The van der Waals surface area contributed by atoms with Crippen LogP contribution in [0.4, 0.5) is 5.69 Å². The van der Waals surface area contributed by atoms with Crippen LogP contribution >= 0.6 is 0 Å². The lowest BCUT2D eigenvalue weighted by atomic mass is 9.84. The van der Waals surface area contributed by atoms with Crippen molar-refractivity contribution in [3.63, 3.8) is 0 Å². The molecule has 2 nitrogen and oxygen atoms in total. The molecule has 0 aromatic heterocycles. The number of anilines is 1. The van der Waals surface area contributed by atoms with Crippen LogP contribution in [0.2, 0.25) is 0 Å². The molecule has 0 aliphatic carbocycles. The molecular formula is C16H22N2. The van der Waals surface area contributed by atoms with Crippen molar-refractivity contribution in [2.45, 2.75) is 46.1 Å². The average Bonchev–Trinajstić information content (AvgIpc) is 2.33. The van der Waals surface area contributed by atoms with Gasteiger partial charge in [0.05, 0.1) is 12.0 Å². The van der Waals surface area contributed by atoms with Gasteiger partial charge in [0.15, 0.2) is 0 Å². The second-order valence-electron chi connectivity index (χ2n) is 6.06. The summed E-state index contributed by atoms with van der Waals surface area (Å²) in [5.74, 6) is 0.166. The van der Waals surface area contributed by atoms with Crippen LogP contribution in [0.25, 0.3) is 0 Å². The van der Waals surface area contributed by atoms with Crippen LogP contribution in [0.3, 0.4) is 0 Å². The van der Waals surface area contributed by atoms with E-state index in [4.69, 9.17) is 5.26 Å². The highest BCUT2D eigenvalue weighted by molar-refractivity contribution is 5.53. The van der Waals surface area contributed by atoms with Crippen LogP contribution in [0.15, 0.2) is 18.2 Å². The standard InChI is InChI=1S/C16H22N2/c1-12-5-6-15(9-13(12)2)18-11-14(10-17)7-8-16(18,3)4/h5-6,9,14H,7-8,11H2,1-4H3. The summed E-state index contributed by atoms with van der Waals surface area (Å²) in [5.41, 5.74) is 4.05. The molecule has 96 valence electrons. The number of nitrogens with zero attached hydrogens (tertiary/aromatic N) is 2. The third kappa shape index (κ3) is 2.36. The van der Waals surface area contributed by atoms with Crippen LogP contribution in [0, 0.1) is 31.1 Å². The fourth-order valence-electron chi connectivity index (χ4n) is 2.67. The molecule has 1 heterocycles. The summed E-state index contributed by atoms with van der Waals surface area (Å²) < 4.78 is 0. The lowest BCUT2D eigenvalue weighted by Crippen LogP contribution is -2.50. The van der Waals surface area contributed by atoms with Gasteiger partial charge in [0.1, 0.15) is 0 Å². The molecule has 1 saturated heterocycles. The van der Waals surface area contributed by atoms with Gasteiger partial charge in [0.2, 0.25) is 0 Å². The minimum absolute atomic E-state index is 0.148. The lowest BCUT2D eigenvalue weighted by molar-refractivity contribution is 0.325. The van der Waals surface area contributed by atoms with Crippen molar-refractivity contribution >= 4 is 5.69 Å². The van der Waals surface area contributed by atoms with E-state index in [1.807, 2.05) is 0 Å². The number of nitriles is 1. The summed E-state index contributed by atoms with van der Waals surface area (Å²) in [5, 5.41) is 9.15. The van der Waals surface area contributed by atoms with E-state index in [0.29, 0.717) is 0 Å². The van der Waals surface area contributed by atoms with Crippen LogP contribution in [-0.2, 0) is 0 Å². The van der Waals surface area contributed by atoms with Crippen LogP contribution < -0.4 is 4.90 Å². The maximum Gasteiger partial charge on any atom is 0.0674 e. The monoisotopic (exact) mass is 242 g/mol. The normalized spacial score (nSPS) is 22.6. The van der Waals surface area contributed by atoms with E-state index in [1.165, 1.54) is 16.8 Å². The van der Waals surface area contributed by atoms with Gasteiger partial charge in [-0.1, -0.05) is 6.07 Å². The highest BCUT2D eigenvalue weighted by Gasteiger charge is 2.34. The molecule has 1 fully saturated rings. The Bertz CT molecular complexity index is 482. The largest absolute Gasteiger partial charge is 0.365 e. The summed E-state index contributed by atoms with van der Waals surface area (Å²) in [6.07, 6.45) is 2.10. The molecule has 1 atom stereocenters. The topological polar surface area (TPSA) is 27.0 Å². The van der Waals surface area contributed by atoms with E-state index < -0.39 is 0 Å². The third-order valence-corrected chi connectivity index (χ3v) is 4.22. The van der Waals surface area contributed by atoms with Gasteiger partial charge in [-0.05, 0) is 63.8 Å². The highest BCUT2D eigenvalue weighted by Crippen LogP contribution is 2.35. The fourth-order valence-corrected chi connectivity index (χ4v) is 2.67. The van der Waals surface area contributed by atoms with Gasteiger partial charge in [-0.15, -0.1) is 0 Å². The molecule has 0 N–H and O–H groups in total. The fraction of sp³-hybridized carbons (Fsp3) is 0.562. The van der Waals surface area contributed by atoms with E-state index in [1.54, 1.807) is 0 Å². The molecule has 1 aliphatic rings. The minimum Gasteiger partial charge on any atom is -0.365 e. The quantitative estimate of drug-likeness (QED) is 0.748. The molecule has 1 unspecified atom stereocenters. The average molecular weight is 242 g/mol. The van der Waals surface area contributed by atoms with Gasteiger partial charge in [-0.2, -0.15) is 5.26 Å². The Hall–Kier alpha value is -1.49. The van der Waals surface area contributed by atoms with Crippen LogP contribution in [-0.4, -0.2) is 12.1 Å². The summed E-state index contributed by atoms with van der Waals surface area (Å²) in [7, 11) is 0. The SMILES string of the molecule is Cc1ccc(N2CC(C#N)CCC2(C)C)cc1C. The van der Waals surface area contributed by atoms with Crippen molar-refractivity contribution in [2.24, 2.45) is 5.92 Å². The molecule has 1 aromatic carbocycles. The highest BCUT2D eigenvalue weighted by atomic mass is 15.2. The van der Waals surface area contributed by atoms with Gasteiger partial charge in [0.25, 0.3) is 0 Å². The predicted molar refractivity (Wildman–Crippen MR) is 75.7 cm³/mol. The van der Waals surface area contributed by atoms with Crippen molar-refractivity contribution in [3.05, 3.63) is 29.3 Å². The van der Waals surface area contributed by atoms with E-state index >= 15 is 0 Å². The van der Waals surface area contributed by atoms with Crippen molar-refractivity contribution in [1.82, 2.24) is 0 Å². The molecule has 2 heteroatoms. The Labute approximate surface area is 110 Å². The van der Waals surface area contributed by atoms with E-state index in [0.717, 1.165) is 19.4 Å². The first kappa shape index (κ1) is 13.0. The Morgan fingerprint density at radius 2 is 2.00 bits per heavy atom. The van der Waals surface area contributed by atoms with Crippen molar-refractivity contribution in [1.29, 1.82) is 5.26 Å². The summed E-state index contributed by atoms with van der Waals surface area (Å²) in [6, 6.07) is 9.03. The molecule has 1 aromatic rings. The first-order valence-electron chi connectivity index (χ1n) is 6.68. The smallest absolute Gasteiger partial charge is 0.0674 e. The molecule has 0 saturated carbocycles. The molecule has 0 amide bonds. The number of piperidine rings is 1. The number of benzene rings is 1. The molecular weight excluding hydrogens is 220 g/mol. The maximum absolute atomic E-state index is 9.15. The van der Waals surface area contributed by atoms with Gasteiger partial charge in [0, 0.05) is 17.8 Å². The Balaban J connectivity index is 2.33. The third-order valence-electron chi connectivity index (χ3n) is 4.22. The summed E-state index contributed by atoms with van der Waals surface area (Å²) >= 11 is 0. The van der Waals surface area contributed by atoms with Crippen molar-refractivity contribution < 1.29 is 0 Å². The number of rotatable bonds is 1. The van der Waals surface area contributed by atoms with Crippen LogP contribution in [0.1, 0.15) is 37.8 Å². The zero-order valence-electron chi connectivity index (χ0n) is 11.8. The summed E-state index contributed by atoms with van der Waals surface area (Å²) in [4.78, 5) is 2.40. The molecule has 18 heavy (non-hydrogen) atoms. The Kier molecular flexibility index (Phi) is 3.34.